The Morgan fingerprint density at radius 3 is 2.31 bits per heavy atom. The number of benzene rings is 2. The van der Waals surface area contributed by atoms with E-state index in [1.165, 1.54) is 27.8 Å². The molecule has 4 rings (SSSR count). The molecule has 0 aliphatic rings. The number of carbonyl (C=O) groups excluding carboxylic acids is 1. The lowest BCUT2D eigenvalue weighted by atomic mass is 10.1. The van der Waals surface area contributed by atoms with E-state index in [4.69, 9.17) is 9.40 Å². The molecule has 0 aliphatic heterocycles. The van der Waals surface area contributed by atoms with Crippen molar-refractivity contribution in [1.29, 1.82) is 0 Å². The molecule has 36 heavy (non-hydrogen) atoms. The van der Waals surface area contributed by atoms with Crippen LogP contribution in [0.3, 0.4) is 0 Å². The molecule has 2 heterocycles. The first-order valence-corrected chi connectivity index (χ1v) is 14.3. The third-order valence-electron chi connectivity index (χ3n) is 6.13. The van der Waals surface area contributed by atoms with Gasteiger partial charge in [0, 0.05) is 18.7 Å². The first-order valence-electron chi connectivity index (χ1n) is 12.1. The summed E-state index contributed by atoms with van der Waals surface area (Å²) in [7, 11) is -3.62. The van der Waals surface area contributed by atoms with Gasteiger partial charge < -0.3 is 4.42 Å². The molecule has 0 unspecified atom stereocenters. The predicted molar refractivity (Wildman–Crippen MR) is 144 cm³/mol. The highest BCUT2D eigenvalue weighted by Gasteiger charge is 2.26. The van der Waals surface area contributed by atoms with E-state index >= 15 is 0 Å². The van der Waals surface area contributed by atoms with Crippen molar-refractivity contribution in [3.8, 4) is 0 Å². The maximum Gasteiger partial charge on any atom is 0.260 e. The zero-order valence-corrected chi connectivity index (χ0v) is 22.7. The molecular weight excluding hydrogens is 494 g/mol. The van der Waals surface area contributed by atoms with Crippen molar-refractivity contribution in [3.05, 3.63) is 77.2 Å². The number of carbonyl (C=O) groups is 1. The molecular formula is C27H31N3O4S2. The second kappa shape index (κ2) is 10.9. The van der Waals surface area contributed by atoms with E-state index in [2.05, 4.69) is 6.07 Å². The van der Waals surface area contributed by atoms with E-state index in [9.17, 15) is 13.2 Å². The highest BCUT2D eigenvalue weighted by Crippen LogP contribution is 2.33. The Morgan fingerprint density at radius 1 is 1.00 bits per heavy atom. The van der Waals surface area contributed by atoms with Crippen molar-refractivity contribution in [3.63, 3.8) is 0 Å². The number of nitrogens with zero attached hydrogens (tertiary/aromatic N) is 3. The molecule has 0 fully saturated rings. The summed E-state index contributed by atoms with van der Waals surface area (Å²) < 4.78 is 34.3. The normalized spacial score (nSPS) is 11.9. The number of amides is 1. The van der Waals surface area contributed by atoms with Gasteiger partial charge in [0.2, 0.25) is 10.0 Å². The van der Waals surface area contributed by atoms with Crippen molar-refractivity contribution in [2.45, 2.75) is 52.0 Å². The Bertz CT molecular complexity index is 1440. The van der Waals surface area contributed by atoms with Gasteiger partial charge in [-0.3, -0.25) is 9.69 Å². The van der Waals surface area contributed by atoms with E-state index in [0.29, 0.717) is 29.5 Å². The highest BCUT2D eigenvalue weighted by molar-refractivity contribution is 7.89. The standard InChI is InChI=1S/C27H31N3O4S2/c1-5-15-29(16-6-2)36(32,33)23-12-10-21(11-13-23)26(31)30(18-22-8-7-17-34-22)27-28-25-20(4)19(3)9-14-24(25)35-27/h7-14,17H,5-6,15-16,18H2,1-4H3. The van der Waals surface area contributed by atoms with Gasteiger partial charge in [0.1, 0.15) is 5.76 Å². The third-order valence-corrected chi connectivity index (χ3v) is 9.09. The molecule has 0 spiro atoms. The first-order chi connectivity index (χ1) is 17.3. The lowest BCUT2D eigenvalue weighted by Crippen LogP contribution is -2.33. The number of thiazole rings is 1. The van der Waals surface area contributed by atoms with E-state index in [1.807, 2.05) is 39.8 Å². The van der Waals surface area contributed by atoms with Crippen LogP contribution >= 0.6 is 11.3 Å². The van der Waals surface area contributed by atoms with Gasteiger partial charge in [-0.1, -0.05) is 31.3 Å². The molecule has 9 heteroatoms. The molecule has 4 aromatic rings. The van der Waals surface area contributed by atoms with Gasteiger partial charge in [0.25, 0.3) is 5.91 Å². The van der Waals surface area contributed by atoms with Crippen LogP contribution < -0.4 is 4.90 Å². The number of sulfonamides is 1. The molecule has 2 aromatic carbocycles. The van der Waals surface area contributed by atoms with Crippen LogP contribution in [0.1, 0.15) is 53.9 Å². The molecule has 0 bridgehead atoms. The minimum absolute atomic E-state index is 0.185. The summed E-state index contributed by atoms with van der Waals surface area (Å²) in [6.07, 6.45) is 3.04. The first kappa shape index (κ1) is 26.1. The van der Waals surface area contributed by atoms with Crippen molar-refractivity contribution >= 4 is 42.6 Å². The minimum Gasteiger partial charge on any atom is -0.467 e. The number of hydrogen-bond acceptors (Lipinski definition) is 6. The van der Waals surface area contributed by atoms with Gasteiger partial charge in [-0.15, -0.1) is 0 Å². The summed E-state index contributed by atoms with van der Waals surface area (Å²) in [5, 5.41) is 0.564. The number of aromatic nitrogens is 1. The van der Waals surface area contributed by atoms with Crippen molar-refractivity contribution in [1.82, 2.24) is 9.29 Å². The Morgan fingerprint density at radius 2 is 1.69 bits per heavy atom. The molecule has 0 N–H and O–H groups in total. The maximum atomic E-state index is 13.7. The van der Waals surface area contributed by atoms with Crippen LogP contribution in [0.25, 0.3) is 10.2 Å². The van der Waals surface area contributed by atoms with Crippen LogP contribution in [0, 0.1) is 13.8 Å². The van der Waals surface area contributed by atoms with Gasteiger partial charge in [-0.05, 0) is 80.3 Å². The van der Waals surface area contributed by atoms with Gasteiger partial charge in [-0.2, -0.15) is 4.31 Å². The van der Waals surface area contributed by atoms with Gasteiger partial charge in [0.15, 0.2) is 5.13 Å². The Hall–Kier alpha value is -3.01. The average Bonchev–Trinajstić information content (AvgIpc) is 3.54. The second-order valence-electron chi connectivity index (χ2n) is 8.75. The fourth-order valence-corrected chi connectivity index (χ4v) is 6.69. The van der Waals surface area contributed by atoms with Crippen molar-refractivity contribution < 1.29 is 17.6 Å². The quantitative estimate of drug-likeness (QED) is 0.247. The smallest absolute Gasteiger partial charge is 0.260 e. The number of furan rings is 1. The number of aryl methyl sites for hydroxylation is 2. The molecule has 0 saturated heterocycles. The largest absolute Gasteiger partial charge is 0.467 e. The summed E-state index contributed by atoms with van der Waals surface area (Å²) in [5.74, 6) is 0.354. The maximum absolute atomic E-state index is 13.7. The topological polar surface area (TPSA) is 83.7 Å². The summed E-state index contributed by atoms with van der Waals surface area (Å²) in [6.45, 7) is 9.12. The van der Waals surface area contributed by atoms with Crippen LogP contribution in [0.15, 0.2) is 64.1 Å². The zero-order chi connectivity index (χ0) is 25.9. The van der Waals surface area contributed by atoms with E-state index in [0.717, 1.165) is 34.2 Å². The SMILES string of the molecule is CCCN(CCC)S(=O)(=O)c1ccc(C(=O)N(Cc2ccco2)c2nc3c(C)c(C)ccc3s2)cc1. The Kier molecular flexibility index (Phi) is 7.92. The lowest BCUT2D eigenvalue weighted by Gasteiger charge is -2.21. The number of fused-ring (bicyclic) bond motifs is 1. The van der Waals surface area contributed by atoms with E-state index in [1.54, 1.807) is 29.4 Å². The van der Waals surface area contributed by atoms with E-state index in [-0.39, 0.29) is 17.3 Å². The molecule has 0 saturated carbocycles. The molecule has 0 atom stereocenters. The van der Waals surface area contributed by atoms with Crippen LogP contribution in [0.5, 0.6) is 0 Å². The molecule has 2 aromatic heterocycles. The van der Waals surface area contributed by atoms with Crippen molar-refractivity contribution in [2.24, 2.45) is 0 Å². The fourth-order valence-electron chi connectivity index (χ4n) is 4.04. The molecule has 190 valence electrons. The van der Waals surface area contributed by atoms with Gasteiger partial charge in [0.05, 0.1) is 27.9 Å². The third kappa shape index (κ3) is 5.23. The fraction of sp³-hybridized carbons (Fsp3) is 0.333. The van der Waals surface area contributed by atoms with Crippen LogP contribution in [-0.4, -0.2) is 36.7 Å². The number of rotatable bonds is 10. The highest BCUT2D eigenvalue weighted by atomic mass is 32.2. The second-order valence-corrected chi connectivity index (χ2v) is 11.7. The summed E-state index contributed by atoms with van der Waals surface area (Å²) in [4.78, 5) is 20.3. The van der Waals surface area contributed by atoms with Crippen LogP contribution in [0.4, 0.5) is 5.13 Å². The zero-order valence-electron chi connectivity index (χ0n) is 21.0. The number of anilines is 1. The Labute approximate surface area is 216 Å². The molecule has 1 amide bonds. The van der Waals surface area contributed by atoms with Crippen molar-refractivity contribution in [2.75, 3.05) is 18.0 Å². The summed E-state index contributed by atoms with van der Waals surface area (Å²) in [5.41, 5.74) is 3.48. The monoisotopic (exact) mass is 525 g/mol. The molecule has 0 radical (unpaired) electrons. The average molecular weight is 526 g/mol. The lowest BCUT2D eigenvalue weighted by molar-refractivity contribution is 0.0983. The van der Waals surface area contributed by atoms with Crippen LogP contribution in [-0.2, 0) is 16.6 Å². The summed E-state index contributed by atoms with van der Waals surface area (Å²) in [6, 6.07) is 13.8. The molecule has 0 aliphatic carbocycles. The summed E-state index contributed by atoms with van der Waals surface area (Å²) >= 11 is 1.45. The molecule has 7 nitrogen and oxygen atoms in total. The number of hydrogen-bond donors (Lipinski definition) is 0. The van der Waals surface area contributed by atoms with Gasteiger partial charge >= 0.3 is 0 Å². The predicted octanol–water partition coefficient (Wildman–Crippen LogP) is 6.16. The Balaban J connectivity index is 1.68. The van der Waals surface area contributed by atoms with Gasteiger partial charge in [-0.25, -0.2) is 13.4 Å². The minimum atomic E-state index is -3.62. The van der Waals surface area contributed by atoms with Crippen LogP contribution in [0.2, 0.25) is 0 Å². The van der Waals surface area contributed by atoms with E-state index < -0.39 is 10.0 Å².